The summed E-state index contributed by atoms with van der Waals surface area (Å²) in [6.45, 7) is 17.0. The van der Waals surface area contributed by atoms with E-state index in [-0.39, 0.29) is 0 Å². The van der Waals surface area contributed by atoms with Gasteiger partial charge in [-0.2, -0.15) is 0 Å². The van der Waals surface area contributed by atoms with Crippen molar-refractivity contribution in [1.82, 2.24) is 9.97 Å². The number of hydrogen-bond donors (Lipinski definition) is 4. The predicted molar refractivity (Wildman–Crippen MR) is 145 cm³/mol. The van der Waals surface area contributed by atoms with Gasteiger partial charge >= 0.3 is 7.82 Å². The Balaban J connectivity index is 0.000000517. The normalized spacial score (nSPS) is 10.9. The second-order valence-electron chi connectivity index (χ2n) is 7.00. The average molecular weight is 521 g/mol. The maximum atomic E-state index is 9.93. The van der Waals surface area contributed by atoms with E-state index >= 15 is 0 Å². The molecule has 0 aliphatic rings. The molecule has 0 saturated heterocycles. The lowest BCUT2D eigenvalue weighted by molar-refractivity contribution is 0.0419. The number of anilines is 2. The number of phosphoric acid groups is 1. The van der Waals surface area contributed by atoms with E-state index in [9.17, 15) is 4.57 Å². The molecule has 1 atom stereocenters. The van der Waals surface area contributed by atoms with Crippen molar-refractivity contribution >= 4 is 19.2 Å². The standard InChI is InChI=1S/2C11H14N2.C3H9O6P/c2*1-3-9-13(10-4-2)11-5-7-12-8-6-11;4-1-3(5)2-9-10(6,7)8/h2*3-8H,1-2,9-10H2;3-5H,1-2H2,(H2,6,7,8)/t;;3-/m..1/s1. The lowest BCUT2D eigenvalue weighted by Gasteiger charge is -2.20. The van der Waals surface area contributed by atoms with Crippen LogP contribution in [-0.2, 0) is 9.09 Å². The average Bonchev–Trinajstić information content (AvgIpc) is 2.88. The molecule has 0 amide bonds. The van der Waals surface area contributed by atoms with Gasteiger partial charge in [-0.3, -0.25) is 14.5 Å². The summed E-state index contributed by atoms with van der Waals surface area (Å²) in [5.41, 5.74) is 2.30. The zero-order valence-electron chi connectivity index (χ0n) is 20.4. The fourth-order valence-electron chi connectivity index (χ4n) is 2.54. The van der Waals surface area contributed by atoms with Gasteiger partial charge in [0.1, 0.15) is 6.10 Å². The minimum Gasteiger partial charge on any atom is -0.394 e. The third kappa shape index (κ3) is 16.5. The molecule has 0 bridgehead atoms. The summed E-state index contributed by atoms with van der Waals surface area (Å²) in [5.74, 6) is 0. The summed E-state index contributed by atoms with van der Waals surface area (Å²) < 4.78 is 13.8. The first-order valence-corrected chi connectivity index (χ1v) is 12.5. The maximum absolute atomic E-state index is 9.93. The summed E-state index contributed by atoms with van der Waals surface area (Å²) in [5, 5.41) is 16.7. The highest BCUT2D eigenvalue weighted by Gasteiger charge is 2.15. The first-order chi connectivity index (χ1) is 17.2. The van der Waals surface area contributed by atoms with Crippen LogP contribution in [0.4, 0.5) is 11.4 Å². The number of pyridine rings is 2. The molecule has 0 unspecified atom stereocenters. The van der Waals surface area contributed by atoms with Gasteiger partial charge in [0, 0.05) is 62.3 Å². The van der Waals surface area contributed by atoms with Crippen molar-refractivity contribution < 1.29 is 29.1 Å². The molecule has 2 rings (SSSR count). The molecule has 10 nitrogen and oxygen atoms in total. The van der Waals surface area contributed by atoms with Gasteiger partial charge in [0.05, 0.1) is 13.2 Å². The van der Waals surface area contributed by atoms with Crippen LogP contribution in [0.2, 0.25) is 0 Å². The van der Waals surface area contributed by atoms with Crippen molar-refractivity contribution in [2.45, 2.75) is 6.10 Å². The van der Waals surface area contributed by atoms with E-state index in [0.29, 0.717) is 0 Å². The van der Waals surface area contributed by atoms with Crippen LogP contribution in [-0.4, -0.2) is 75.5 Å². The first-order valence-electron chi connectivity index (χ1n) is 10.9. The van der Waals surface area contributed by atoms with Crippen LogP contribution in [0.1, 0.15) is 0 Å². The summed E-state index contributed by atoms with van der Waals surface area (Å²) in [7, 11) is -4.50. The number of phosphoric ester groups is 1. The van der Waals surface area contributed by atoms with E-state index in [0.717, 1.165) is 37.6 Å². The Labute approximate surface area is 213 Å². The molecule has 36 heavy (non-hydrogen) atoms. The van der Waals surface area contributed by atoms with Crippen molar-refractivity contribution in [3.63, 3.8) is 0 Å². The Hall–Kier alpha value is -3.11. The molecule has 198 valence electrons. The highest BCUT2D eigenvalue weighted by atomic mass is 31.2. The van der Waals surface area contributed by atoms with Gasteiger partial charge < -0.3 is 29.8 Å². The van der Waals surface area contributed by atoms with Crippen molar-refractivity contribution in [2.24, 2.45) is 0 Å². The quantitative estimate of drug-likeness (QED) is 0.217. The molecule has 0 fully saturated rings. The minimum absolute atomic E-state index is 0.569. The molecule has 2 aromatic rings. The number of aliphatic hydroxyl groups excluding tert-OH is 2. The van der Waals surface area contributed by atoms with Gasteiger partial charge in [-0.25, -0.2) is 4.57 Å². The Morgan fingerprint density at radius 3 is 1.39 bits per heavy atom. The molecule has 0 aliphatic carbocycles. The smallest absolute Gasteiger partial charge is 0.394 e. The molecule has 0 aliphatic heterocycles. The molecule has 0 spiro atoms. The van der Waals surface area contributed by atoms with E-state index in [2.05, 4.69) is 50.6 Å². The Morgan fingerprint density at radius 1 is 0.806 bits per heavy atom. The molecular formula is C25H37N4O6P. The number of aromatic nitrogens is 2. The van der Waals surface area contributed by atoms with Crippen LogP contribution in [0.5, 0.6) is 0 Å². The molecule has 0 aromatic carbocycles. The van der Waals surface area contributed by atoms with E-state index < -0.39 is 27.1 Å². The van der Waals surface area contributed by atoms with E-state index in [1.54, 1.807) is 24.8 Å². The van der Waals surface area contributed by atoms with Gasteiger partial charge in [0.15, 0.2) is 0 Å². The fourth-order valence-corrected chi connectivity index (χ4v) is 2.91. The minimum atomic E-state index is -4.50. The van der Waals surface area contributed by atoms with Crippen molar-refractivity contribution in [3.05, 3.63) is 99.7 Å². The van der Waals surface area contributed by atoms with Crippen LogP contribution in [0.15, 0.2) is 99.7 Å². The van der Waals surface area contributed by atoms with Gasteiger partial charge in [-0.05, 0) is 24.3 Å². The van der Waals surface area contributed by atoms with Gasteiger partial charge in [0.25, 0.3) is 0 Å². The Morgan fingerprint density at radius 2 is 1.14 bits per heavy atom. The van der Waals surface area contributed by atoms with Gasteiger partial charge in [-0.15, -0.1) is 26.3 Å². The lowest BCUT2D eigenvalue weighted by atomic mass is 10.3. The zero-order chi connectivity index (χ0) is 27.2. The third-order valence-corrected chi connectivity index (χ3v) is 4.58. The lowest BCUT2D eigenvalue weighted by Crippen LogP contribution is -2.22. The van der Waals surface area contributed by atoms with Crippen LogP contribution in [0.3, 0.4) is 0 Å². The zero-order valence-corrected chi connectivity index (χ0v) is 21.3. The van der Waals surface area contributed by atoms with Crippen molar-refractivity contribution in [2.75, 3.05) is 49.2 Å². The van der Waals surface area contributed by atoms with E-state index in [4.69, 9.17) is 20.0 Å². The Kier molecular flexibility index (Phi) is 18.4. The molecule has 11 heteroatoms. The molecule has 0 saturated carbocycles. The van der Waals surface area contributed by atoms with Crippen LogP contribution < -0.4 is 9.80 Å². The number of nitrogens with zero attached hydrogens (tertiary/aromatic N) is 4. The molecular weight excluding hydrogens is 483 g/mol. The molecule has 0 radical (unpaired) electrons. The predicted octanol–water partition coefficient (Wildman–Crippen LogP) is 2.97. The summed E-state index contributed by atoms with van der Waals surface area (Å²) >= 11 is 0. The molecule has 2 aromatic heterocycles. The summed E-state index contributed by atoms with van der Waals surface area (Å²) in [6, 6.07) is 7.92. The van der Waals surface area contributed by atoms with Crippen LogP contribution in [0.25, 0.3) is 0 Å². The van der Waals surface area contributed by atoms with Gasteiger partial charge in [0.2, 0.25) is 0 Å². The Bertz CT molecular complexity index is 832. The van der Waals surface area contributed by atoms with Crippen molar-refractivity contribution in [3.8, 4) is 0 Å². The maximum Gasteiger partial charge on any atom is 0.469 e. The third-order valence-electron chi connectivity index (χ3n) is 4.10. The summed E-state index contributed by atoms with van der Waals surface area (Å²) in [4.78, 5) is 28.4. The van der Waals surface area contributed by atoms with Crippen LogP contribution >= 0.6 is 7.82 Å². The molecule has 2 heterocycles. The largest absolute Gasteiger partial charge is 0.469 e. The number of hydrogen-bond acceptors (Lipinski definition) is 8. The SMILES string of the molecule is C=CCN(CC=C)c1ccncc1.C=CCN(CC=C)c1ccncc1.O=P(O)(O)OC[C@H](O)CO. The highest BCUT2D eigenvalue weighted by molar-refractivity contribution is 7.46. The van der Waals surface area contributed by atoms with Crippen LogP contribution in [0, 0.1) is 0 Å². The summed E-state index contributed by atoms with van der Waals surface area (Å²) in [6.07, 6.45) is 13.4. The number of rotatable bonds is 14. The topological polar surface area (TPSA) is 139 Å². The number of aliphatic hydroxyl groups is 2. The second-order valence-corrected chi connectivity index (χ2v) is 8.24. The second kappa shape index (κ2) is 20.1. The van der Waals surface area contributed by atoms with E-state index in [1.807, 2.05) is 48.6 Å². The van der Waals surface area contributed by atoms with Crippen molar-refractivity contribution in [1.29, 1.82) is 0 Å². The van der Waals surface area contributed by atoms with E-state index in [1.165, 1.54) is 0 Å². The monoisotopic (exact) mass is 520 g/mol. The molecule has 4 N–H and O–H groups in total. The fraction of sp³-hybridized carbons (Fsp3) is 0.280. The highest BCUT2D eigenvalue weighted by Crippen LogP contribution is 2.35. The first kappa shape index (κ1) is 32.9. The van der Waals surface area contributed by atoms with Gasteiger partial charge in [-0.1, -0.05) is 24.3 Å².